The van der Waals surface area contributed by atoms with Gasteiger partial charge in [0.15, 0.2) is 0 Å². The number of aliphatic hydroxyl groups is 1. The van der Waals surface area contributed by atoms with Crippen molar-refractivity contribution in [3.05, 3.63) is 47.0 Å². The Morgan fingerprint density at radius 1 is 1.31 bits per heavy atom. The fourth-order valence-electron chi connectivity index (χ4n) is 1.30. The second kappa shape index (κ2) is 3.09. The molecule has 0 bridgehead atoms. The van der Waals surface area contributed by atoms with Crippen LogP contribution in [-0.2, 0) is 5.06 Å². The Balaban J connectivity index is 2.28. The fraction of sp³-hybridized carbons (Fsp3) is 0.200. The Bertz CT molecular complexity index is 336. The van der Waals surface area contributed by atoms with Crippen molar-refractivity contribution in [3.8, 4) is 0 Å². The highest BCUT2D eigenvalue weighted by atomic mass is 32.2. The van der Waals surface area contributed by atoms with Gasteiger partial charge in [-0.05, 0) is 6.92 Å². The molecular formula is C10H11NOS. The van der Waals surface area contributed by atoms with E-state index in [1.54, 1.807) is 0 Å². The molecule has 2 nitrogen and oxygen atoms in total. The van der Waals surface area contributed by atoms with Crippen molar-refractivity contribution in [1.82, 2.24) is 5.32 Å². The molecule has 0 aromatic heterocycles. The van der Waals surface area contributed by atoms with Crippen molar-refractivity contribution in [1.29, 1.82) is 0 Å². The molecule has 68 valence electrons. The minimum absolute atomic E-state index is 0.883. The Hall–Kier alpha value is -0.930. The average molecular weight is 193 g/mol. The maximum absolute atomic E-state index is 10.1. The Kier molecular flexibility index (Phi) is 2.06. The molecule has 1 unspecified atom stereocenters. The van der Waals surface area contributed by atoms with Crippen molar-refractivity contribution in [3.63, 3.8) is 0 Å². The molecule has 0 radical (unpaired) electrons. The van der Waals surface area contributed by atoms with Crippen LogP contribution >= 0.6 is 11.8 Å². The van der Waals surface area contributed by atoms with E-state index in [9.17, 15) is 5.11 Å². The highest BCUT2D eigenvalue weighted by Gasteiger charge is 2.32. The van der Waals surface area contributed by atoms with Crippen LogP contribution in [0.2, 0.25) is 0 Å². The van der Waals surface area contributed by atoms with E-state index in [1.807, 2.05) is 43.5 Å². The zero-order valence-electron chi connectivity index (χ0n) is 7.32. The second-order valence-corrected chi connectivity index (χ2v) is 4.45. The first-order valence-corrected chi connectivity index (χ1v) is 4.94. The van der Waals surface area contributed by atoms with Gasteiger partial charge in [-0.15, -0.1) is 0 Å². The predicted molar refractivity (Wildman–Crippen MR) is 54.8 cm³/mol. The standard InChI is InChI=1S/C10H11NOS/c1-8-7-11-10(12,13-8)9-5-3-2-4-6-9/h2-7,11-12H,1H3. The van der Waals surface area contributed by atoms with Crippen molar-refractivity contribution in [2.24, 2.45) is 0 Å². The first-order chi connectivity index (χ1) is 6.21. The highest BCUT2D eigenvalue weighted by molar-refractivity contribution is 8.03. The van der Waals surface area contributed by atoms with E-state index in [4.69, 9.17) is 0 Å². The molecule has 0 fully saturated rings. The minimum atomic E-state index is -0.967. The van der Waals surface area contributed by atoms with Gasteiger partial charge in [-0.25, -0.2) is 0 Å². The second-order valence-electron chi connectivity index (χ2n) is 3.01. The topological polar surface area (TPSA) is 32.3 Å². The SMILES string of the molecule is CC1=CNC(O)(c2ccccc2)S1. The highest BCUT2D eigenvalue weighted by Crippen LogP contribution is 2.40. The van der Waals surface area contributed by atoms with E-state index in [2.05, 4.69) is 5.32 Å². The van der Waals surface area contributed by atoms with Gasteiger partial charge in [-0.1, -0.05) is 42.1 Å². The summed E-state index contributed by atoms with van der Waals surface area (Å²) in [6.07, 6.45) is 1.83. The van der Waals surface area contributed by atoms with Crippen LogP contribution in [0.1, 0.15) is 12.5 Å². The first-order valence-electron chi connectivity index (χ1n) is 4.12. The summed E-state index contributed by atoms with van der Waals surface area (Å²) in [4.78, 5) is 1.09. The molecule has 0 spiro atoms. The molecule has 1 atom stereocenters. The van der Waals surface area contributed by atoms with Gasteiger partial charge in [0.2, 0.25) is 5.06 Å². The zero-order chi connectivity index (χ0) is 9.31. The monoisotopic (exact) mass is 193 g/mol. The normalized spacial score (nSPS) is 26.8. The molecule has 1 heterocycles. The number of nitrogens with one attached hydrogen (secondary N) is 1. The van der Waals surface area contributed by atoms with E-state index >= 15 is 0 Å². The predicted octanol–water partition coefficient (Wildman–Crippen LogP) is 1.99. The van der Waals surface area contributed by atoms with Crippen LogP contribution in [0.15, 0.2) is 41.4 Å². The zero-order valence-corrected chi connectivity index (χ0v) is 8.14. The van der Waals surface area contributed by atoms with E-state index in [0.29, 0.717) is 0 Å². The molecule has 0 saturated heterocycles. The van der Waals surface area contributed by atoms with Crippen LogP contribution in [0, 0.1) is 0 Å². The molecule has 0 amide bonds. The van der Waals surface area contributed by atoms with Crippen molar-refractivity contribution < 1.29 is 5.11 Å². The number of hydrogen-bond acceptors (Lipinski definition) is 3. The lowest BCUT2D eigenvalue weighted by atomic mass is 10.2. The maximum Gasteiger partial charge on any atom is 0.215 e. The van der Waals surface area contributed by atoms with Crippen LogP contribution < -0.4 is 5.32 Å². The summed E-state index contributed by atoms with van der Waals surface area (Å²) in [6.45, 7) is 1.97. The van der Waals surface area contributed by atoms with E-state index in [1.165, 1.54) is 11.8 Å². The molecule has 1 aliphatic heterocycles. The number of allylic oxidation sites excluding steroid dienone is 1. The smallest absolute Gasteiger partial charge is 0.215 e. The van der Waals surface area contributed by atoms with Crippen LogP contribution in [-0.4, -0.2) is 5.11 Å². The molecule has 1 aromatic rings. The molecule has 1 aromatic carbocycles. The molecule has 1 aliphatic rings. The Labute approximate surface area is 81.7 Å². The fourth-order valence-corrected chi connectivity index (χ4v) is 2.25. The lowest BCUT2D eigenvalue weighted by Gasteiger charge is -2.22. The third kappa shape index (κ3) is 1.57. The largest absolute Gasteiger partial charge is 0.358 e. The lowest BCUT2D eigenvalue weighted by Crippen LogP contribution is -2.31. The summed E-state index contributed by atoms with van der Waals surface area (Å²) in [5.74, 6) is 0. The van der Waals surface area contributed by atoms with Crippen LogP contribution in [0.25, 0.3) is 0 Å². The molecule has 0 saturated carbocycles. The summed E-state index contributed by atoms with van der Waals surface area (Å²) in [7, 11) is 0. The Morgan fingerprint density at radius 3 is 2.54 bits per heavy atom. The molecule has 2 N–H and O–H groups in total. The lowest BCUT2D eigenvalue weighted by molar-refractivity contribution is 0.119. The van der Waals surface area contributed by atoms with Gasteiger partial charge in [-0.3, -0.25) is 0 Å². The quantitative estimate of drug-likeness (QED) is 0.715. The summed E-state index contributed by atoms with van der Waals surface area (Å²) in [5.41, 5.74) is 0.883. The van der Waals surface area contributed by atoms with Gasteiger partial charge in [-0.2, -0.15) is 0 Å². The number of benzene rings is 1. The minimum Gasteiger partial charge on any atom is -0.358 e. The molecule has 2 rings (SSSR count). The molecule has 13 heavy (non-hydrogen) atoms. The molecular weight excluding hydrogens is 182 g/mol. The summed E-state index contributed by atoms with van der Waals surface area (Å²) in [5, 5.41) is 12.1. The van der Waals surface area contributed by atoms with E-state index in [-0.39, 0.29) is 0 Å². The van der Waals surface area contributed by atoms with Gasteiger partial charge in [0.1, 0.15) is 0 Å². The van der Waals surface area contributed by atoms with Gasteiger partial charge < -0.3 is 10.4 Å². The maximum atomic E-state index is 10.1. The van der Waals surface area contributed by atoms with Crippen molar-refractivity contribution in [2.75, 3.05) is 0 Å². The number of rotatable bonds is 1. The summed E-state index contributed by atoms with van der Waals surface area (Å²) >= 11 is 1.43. The molecule has 3 heteroatoms. The third-order valence-electron chi connectivity index (χ3n) is 1.94. The molecule has 0 aliphatic carbocycles. The van der Waals surface area contributed by atoms with Crippen LogP contribution in [0.4, 0.5) is 0 Å². The number of thioether (sulfide) groups is 1. The van der Waals surface area contributed by atoms with Crippen molar-refractivity contribution >= 4 is 11.8 Å². The summed E-state index contributed by atoms with van der Waals surface area (Å²) < 4.78 is 0. The Morgan fingerprint density at radius 2 is 2.00 bits per heavy atom. The number of hydrogen-bond donors (Lipinski definition) is 2. The third-order valence-corrected chi connectivity index (χ3v) is 3.03. The summed E-state index contributed by atoms with van der Waals surface area (Å²) in [6, 6.07) is 9.60. The van der Waals surface area contributed by atoms with E-state index in [0.717, 1.165) is 10.5 Å². The van der Waals surface area contributed by atoms with Gasteiger partial charge >= 0.3 is 0 Å². The average Bonchev–Trinajstić information content (AvgIpc) is 2.49. The van der Waals surface area contributed by atoms with E-state index < -0.39 is 5.06 Å². The van der Waals surface area contributed by atoms with Gasteiger partial charge in [0.05, 0.1) is 0 Å². The van der Waals surface area contributed by atoms with Gasteiger partial charge in [0, 0.05) is 16.7 Å². The van der Waals surface area contributed by atoms with Crippen LogP contribution in [0.5, 0.6) is 0 Å². The van der Waals surface area contributed by atoms with Crippen molar-refractivity contribution in [2.45, 2.75) is 12.0 Å². The van der Waals surface area contributed by atoms with Crippen LogP contribution in [0.3, 0.4) is 0 Å². The van der Waals surface area contributed by atoms with Gasteiger partial charge in [0.25, 0.3) is 0 Å². The first kappa shape index (κ1) is 8.66.